The number of Topliss-reactive ketones (excluding diaryl/α,β-unsaturated/α-hetero) is 1. The van der Waals surface area contributed by atoms with Gasteiger partial charge in [-0.05, 0) is 24.5 Å². The van der Waals surface area contributed by atoms with Crippen LogP contribution in [0.15, 0.2) is 35.6 Å². The van der Waals surface area contributed by atoms with Crippen molar-refractivity contribution in [2.45, 2.75) is 52.1 Å². The Morgan fingerprint density at radius 1 is 1.13 bits per heavy atom. The summed E-state index contributed by atoms with van der Waals surface area (Å²) in [5.41, 5.74) is -0.589. The highest BCUT2D eigenvalue weighted by Crippen LogP contribution is 2.08. The molecule has 13 nitrogen and oxygen atoms in total. The van der Waals surface area contributed by atoms with Gasteiger partial charge in [0.05, 0.1) is 19.6 Å². The number of imidazole rings is 1. The fourth-order valence-corrected chi connectivity index (χ4v) is 3.59. The molecule has 0 spiro atoms. The van der Waals surface area contributed by atoms with Crippen molar-refractivity contribution < 1.29 is 28.7 Å². The summed E-state index contributed by atoms with van der Waals surface area (Å²) >= 11 is 0. The van der Waals surface area contributed by atoms with Crippen molar-refractivity contribution >= 4 is 35.2 Å². The molecule has 1 unspecified atom stereocenters. The number of hydrogen-bond acceptors (Lipinski definition) is 8. The molecule has 1 atom stereocenters. The first kappa shape index (κ1) is 29.9. The Kier molecular flexibility index (Phi) is 11.4. The van der Waals surface area contributed by atoms with Gasteiger partial charge in [0.1, 0.15) is 24.0 Å². The molecule has 0 saturated heterocycles. The number of esters is 1. The van der Waals surface area contributed by atoms with Crippen molar-refractivity contribution in [1.82, 2.24) is 24.8 Å². The zero-order chi connectivity index (χ0) is 28.2. The van der Waals surface area contributed by atoms with E-state index in [1.54, 1.807) is 7.05 Å². The lowest BCUT2D eigenvalue weighted by atomic mass is 10.0. The van der Waals surface area contributed by atoms with Crippen LogP contribution in [0, 0.1) is 5.92 Å². The topological polar surface area (TPSA) is 170 Å². The Bertz CT molecular complexity index is 1210. The third kappa shape index (κ3) is 8.39. The van der Waals surface area contributed by atoms with E-state index < -0.39 is 35.2 Å². The molecule has 13 heteroatoms. The van der Waals surface area contributed by atoms with Gasteiger partial charge >= 0.3 is 5.97 Å². The molecule has 3 amide bonds. The van der Waals surface area contributed by atoms with Crippen LogP contribution in [0.4, 0.5) is 5.69 Å². The van der Waals surface area contributed by atoms with Gasteiger partial charge < -0.3 is 29.8 Å². The normalized spacial score (nSPS) is 11.5. The molecule has 0 fully saturated rings. The summed E-state index contributed by atoms with van der Waals surface area (Å²) in [6, 6.07) is 1.58. The van der Waals surface area contributed by atoms with Gasteiger partial charge in [0.25, 0.3) is 11.5 Å². The zero-order valence-electron chi connectivity index (χ0n) is 22.0. The van der Waals surface area contributed by atoms with Crippen molar-refractivity contribution in [3.63, 3.8) is 0 Å². The quantitative estimate of drug-likeness (QED) is 0.233. The van der Waals surface area contributed by atoms with Gasteiger partial charge in [-0.1, -0.05) is 26.7 Å². The molecule has 0 bridgehead atoms. The predicted molar refractivity (Wildman–Crippen MR) is 137 cm³/mol. The molecule has 0 aromatic carbocycles. The number of hydrogen-bond donors (Lipinski definition) is 3. The van der Waals surface area contributed by atoms with Crippen LogP contribution < -0.4 is 21.5 Å². The Hall–Kier alpha value is -4.29. The molecule has 2 aromatic rings. The lowest BCUT2D eigenvalue weighted by Crippen LogP contribution is -2.45. The number of ether oxygens (including phenoxy) is 1. The van der Waals surface area contributed by atoms with Gasteiger partial charge in [-0.25, -0.2) is 9.78 Å². The first-order valence-electron chi connectivity index (χ1n) is 12.3. The van der Waals surface area contributed by atoms with E-state index in [0.717, 1.165) is 24.5 Å². The van der Waals surface area contributed by atoms with Gasteiger partial charge in [-0.15, -0.1) is 0 Å². The maximum absolute atomic E-state index is 13.1. The van der Waals surface area contributed by atoms with Crippen molar-refractivity contribution in [3.8, 4) is 0 Å². The van der Waals surface area contributed by atoms with Crippen LogP contribution in [0.3, 0.4) is 0 Å². The van der Waals surface area contributed by atoms with E-state index in [0.29, 0.717) is 12.5 Å². The lowest BCUT2D eigenvalue weighted by Gasteiger charge is -2.18. The number of rotatable bonds is 14. The average Bonchev–Trinajstić information content (AvgIpc) is 3.34. The molecular weight excluding hydrogens is 496 g/mol. The molecule has 3 N–H and O–H groups in total. The van der Waals surface area contributed by atoms with Crippen LogP contribution >= 0.6 is 0 Å². The second kappa shape index (κ2) is 14.4. The number of amides is 3. The fraction of sp³-hybridized carbons (Fsp3) is 0.480. The number of aryl methyl sites for hydroxylation is 1. The number of aromatic nitrogens is 3. The highest BCUT2D eigenvalue weighted by atomic mass is 16.5. The molecule has 206 valence electrons. The van der Waals surface area contributed by atoms with E-state index in [4.69, 9.17) is 0 Å². The largest absolute Gasteiger partial charge is 0.463 e. The Balaban J connectivity index is 2.16. The van der Waals surface area contributed by atoms with Crippen LogP contribution in [0.25, 0.3) is 0 Å². The molecule has 38 heavy (non-hydrogen) atoms. The Labute approximate surface area is 219 Å². The monoisotopic (exact) mass is 530 g/mol. The molecule has 2 aromatic heterocycles. The fourth-order valence-electron chi connectivity index (χ4n) is 3.59. The summed E-state index contributed by atoms with van der Waals surface area (Å²) in [6.45, 7) is 4.33. The third-order valence-electron chi connectivity index (χ3n) is 6.08. The second-order valence-corrected chi connectivity index (χ2v) is 8.70. The minimum atomic E-state index is -1.28. The van der Waals surface area contributed by atoms with E-state index in [9.17, 15) is 28.8 Å². The van der Waals surface area contributed by atoms with Crippen LogP contribution in [0.5, 0.6) is 0 Å². The number of nitrogens with one attached hydrogen (secondary N) is 3. The van der Waals surface area contributed by atoms with E-state index in [-0.39, 0.29) is 36.7 Å². The molecule has 2 heterocycles. The summed E-state index contributed by atoms with van der Waals surface area (Å²) in [5, 5.41) is 7.77. The molecule has 0 aliphatic carbocycles. The summed E-state index contributed by atoms with van der Waals surface area (Å²) < 4.78 is 6.99. The van der Waals surface area contributed by atoms with Crippen LogP contribution in [-0.4, -0.2) is 63.3 Å². The van der Waals surface area contributed by atoms with Crippen molar-refractivity contribution in [2.24, 2.45) is 13.0 Å². The Morgan fingerprint density at radius 2 is 1.84 bits per heavy atom. The van der Waals surface area contributed by atoms with E-state index in [1.807, 2.05) is 13.8 Å². The molecule has 0 aliphatic rings. The van der Waals surface area contributed by atoms with Gasteiger partial charge in [-0.3, -0.25) is 24.0 Å². The zero-order valence-corrected chi connectivity index (χ0v) is 22.0. The first-order valence-corrected chi connectivity index (χ1v) is 12.3. The average molecular weight is 531 g/mol. The van der Waals surface area contributed by atoms with E-state index in [2.05, 4.69) is 25.7 Å². The summed E-state index contributed by atoms with van der Waals surface area (Å²) in [6.07, 6.45) is 5.34. The SMILES string of the molecule is CCC(CC)CNC(=O)Cn1cccc(NC(=O)C(CCC(=O)C(=O)OC)NC(=O)c2cncn2C)c1=O. The van der Waals surface area contributed by atoms with E-state index in [1.165, 1.54) is 35.4 Å². The summed E-state index contributed by atoms with van der Waals surface area (Å²) in [5.74, 6) is -3.38. The highest BCUT2D eigenvalue weighted by molar-refractivity contribution is 6.33. The van der Waals surface area contributed by atoms with Crippen LogP contribution in [0.2, 0.25) is 0 Å². The van der Waals surface area contributed by atoms with Gasteiger partial charge in [0.15, 0.2) is 0 Å². The standard InChI is InChI=1S/C25H34N6O7/c1-5-16(6-2)12-27-21(33)14-31-11-7-8-18(24(31)36)29-22(34)17(9-10-20(32)25(37)38-4)28-23(35)19-13-26-15-30(19)3/h7-8,11,13,15-17H,5-6,9-10,12,14H2,1-4H3,(H,27,33)(H,28,35)(H,29,34). The van der Waals surface area contributed by atoms with E-state index >= 15 is 0 Å². The number of pyridine rings is 1. The lowest BCUT2D eigenvalue weighted by molar-refractivity contribution is -0.151. The number of nitrogens with zero attached hydrogens (tertiary/aromatic N) is 3. The molecule has 0 saturated carbocycles. The molecule has 0 aliphatic heterocycles. The number of anilines is 1. The van der Waals surface area contributed by atoms with Crippen molar-refractivity contribution in [3.05, 3.63) is 46.9 Å². The maximum atomic E-state index is 13.1. The van der Waals surface area contributed by atoms with Crippen molar-refractivity contribution in [2.75, 3.05) is 19.0 Å². The number of carbonyl (C=O) groups excluding carboxylic acids is 5. The van der Waals surface area contributed by atoms with Crippen LogP contribution in [-0.2, 0) is 37.5 Å². The first-order chi connectivity index (χ1) is 18.1. The van der Waals surface area contributed by atoms with Crippen LogP contribution in [0.1, 0.15) is 50.0 Å². The predicted octanol–water partition coefficient (Wildman–Crippen LogP) is 0.394. The minimum absolute atomic E-state index is 0.121. The molecule has 0 radical (unpaired) electrons. The third-order valence-corrected chi connectivity index (χ3v) is 6.08. The maximum Gasteiger partial charge on any atom is 0.374 e. The summed E-state index contributed by atoms with van der Waals surface area (Å²) in [7, 11) is 2.65. The van der Waals surface area contributed by atoms with Gasteiger partial charge in [-0.2, -0.15) is 0 Å². The summed E-state index contributed by atoms with van der Waals surface area (Å²) in [4.78, 5) is 78.3. The highest BCUT2D eigenvalue weighted by Gasteiger charge is 2.26. The molecule has 2 rings (SSSR count). The minimum Gasteiger partial charge on any atom is -0.463 e. The number of ketones is 1. The second-order valence-electron chi connectivity index (χ2n) is 8.70. The van der Waals surface area contributed by atoms with Crippen molar-refractivity contribution in [1.29, 1.82) is 0 Å². The van der Waals surface area contributed by atoms with Gasteiger partial charge in [0.2, 0.25) is 17.6 Å². The molecular formula is C25H34N6O7. The van der Waals surface area contributed by atoms with Gasteiger partial charge in [0, 0.05) is 26.2 Å². The number of methoxy groups -OCH3 is 1. The number of carbonyl (C=O) groups is 5. The smallest absolute Gasteiger partial charge is 0.374 e. The Morgan fingerprint density at radius 3 is 2.45 bits per heavy atom.